The van der Waals surface area contributed by atoms with E-state index in [2.05, 4.69) is 20.9 Å². The Labute approximate surface area is 229 Å². The fourth-order valence-corrected chi connectivity index (χ4v) is 4.49. The number of hydrogen-bond donors (Lipinski definition) is 7. The summed E-state index contributed by atoms with van der Waals surface area (Å²) in [5.74, 6) is -2.46. The van der Waals surface area contributed by atoms with Crippen LogP contribution in [0, 0.1) is 0 Å². The normalized spacial score (nSPS) is 13.3. The number of phenolic OH excluding ortho intramolecular Hbond substituents is 1. The van der Waals surface area contributed by atoms with Gasteiger partial charge < -0.3 is 36.9 Å². The summed E-state index contributed by atoms with van der Waals surface area (Å²) in [7, 11) is 0. The van der Waals surface area contributed by atoms with Crippen LogP contribution in [0.25, 0.3) is 10.9 Å². The Hall–Kier alpha value is -4.03. The van der Waals surface area contributed by atoms with Gasteiger partial charge in [-0.25, -0.2) is 4.79 Å². The molecule has 2 aromatic carbocycles. The molecule has 0 spiro atoms. The second kappa shape index (κ2) is 14.2. The molecule has 39 heavy (non-hydrogen) atoms. The number of aromatic amines is 1. The van der Waals surface area contributed by atoms with Crippen molar-refractivity contribution in [3.05, 3.63) is 65.9 Å². The van der Waals surface area contributed by atoms with Gasteiger partial charge in [-0.3, -0.25) is 14.4 Å². The van der Waals surface area contributed by atoms with Crippen molar-refractivity contribution in [3.8, 4) is 5.75 Å². The van der Waals surface area contributed by atoms with Crippen molar-refractivity contribution in [3.63, 3.8) is 0 Å². The van der Waals surface area contributed by atoms with E-state index < -0.39 is 48.4 Å². The van der Waals surface area contributed by atoms with Crippen molar-refractivity contribution in [2.75, 3.05) is 18.6 Å². The van der Waals surface area contributed by atoms with Gasteiger partial charge in [0.05, 0.1) is 12.6 Å². The number of carbonyl (C=O) groups is 4. The Morgan fingerprint density at radius 1 is 0.974 bits per heavy atom. The van der Waals surface area contributed by atoms with E-state index in [0.717, 1.165) is 16.5 Å². The minimum Gasteiger partial charge on any atom is -0.508 e. The number of thioether (sulfide) groups is 1. The summed E-state index contributed by atoms with van der Waals surface area (Å²) in [6.45, 7) is -0.422. The maximum absolute atomic E-state index is 13.0. The van der Waals surface area contributed by atoms with Gasteiger partial charge >= 0.3 is 5.97 Å². The van der Waals surface area contributed by atoms with Crippen LogP contribution in [0.4, 0.5) is 0 Å². The molecule has 8 N–H and O–H groups in total. The topological polar surface area (TPSA) is 187 Å². The fourth-order valence-electron chi connectivity index (χ4n) is 4.02. The number of para-hydroxylation sites is 1. The predicted molar refractivity (Wildman–Crippen MR) is 149 cm³/mol. The molecule has 0 saturated carbocycles. The Morgan fingerprint density at radius 3 is 2.38 bits per heavy atom. The number of phenols is 1. The van der Waals surface area contributed by atoms with Gasteiger partial charge in [-0.05, 0) is 54.2 Å². The molecule has 1 heterocycles. The number of aliphatic carboxylic acids is 1. The van der Waals surface area contributed by atoms with Crippen LogP contribution in [-0.2, 0) is 32.0 Å². The van der Waals surface area contributed by atoms with Crippen LogP contribution in [0.2, 0.25) is 0 Å². The lowest BCUT2D eigenvalue weighted by Crippen LogP contribution is -2.54. The molecule has 0 aliphatic heterocycles. The van der Waals surface area contributed by atoms with Gasteiger partial charge in [0.25, 0.3) is 0 Å². The molecule has 3 unspecified atom stereocenters. The number of hydrogen-bond acceptors (Lipinski definition) is 7. The number of amides is 3. The molecule has 3 atom stereocenters. The molecule has 0 radical (unpaired) electrons. The molecule has 208 valence electrons. The first-order chi connectivity index (χ1) is 18.7. The number of aromatic hydroxyl groups is 1. The van der Waals surface area contributed by atoms with E-state index in [4.69, 9.17) is 5.73 Å². The van der Waals surface area contributed by atoms with E-state index in [1.807, 2.05) is 30.5 Å². The highest BCUT2D eigenvalue weighted by atomic mass is 32.2. The molecular formula is C27H33N5O6S. The summed E-state index contributed by atoms with van der Waals surface area (Å²) >= 11 is 1.45. The van der Waals surface area contributed by atoms with Crippen LogP contribution in [-0.4, -0.2) is 75.6 Å². The number of aromatic nitrogens is 1. The molecule has 12 heteroatoms. The molecule has 0 fully saturated rings. The van der Waals surface area contributed by atoms with Crippen LogP contribution in [0.3, 0.4) is 0 Å². The minimum atomic E-state index is -1.18. The lowest BCUT2D eigenvalue weighted by Gasteiger charge is -2.22. The molecule has 0 aliphatic rings. The van der Waals surface area contributed by atoms with E-state index in [9.17, 15) is 29.4 Å². The summed E-state index contributed by atoms with van der Waals surface area (Å²) < 4.78 is 0. The zero-order chi connectivity index (χ0) is 28.4. The molecular weight excluding hydrogens is 522 g/mol. The van der Waals surface area contributed by atoms with Crippen molar-refractivity contribution in [2.24, 2.45) is 5.73 Å². The molecule has 3 rings (SSSR count). The van der Waals surface area contributed by atoms with Gasteiger partial charge in [0.2, 0.25) is 17.7 Å². The summed E-state index contributed by atoms with van der Waals surface area (Å²) in [4.78, 5) is 53.0. The second-order valence-electron chi connectivity index (χ2n) is 9.06. The molecule has 3 aromatic rings. The zero-order valence-corrected chi connectivity index (χ0v) is 22.3. The van der Waals surface area contributed by atoms with Crippen molar-refractivity contribution >= 4 is 46.4 Å². The zero-order valence-electron chi connectivity index (χ0n) is 21.5. The van der Waals surface area contributed by atoms with Crippen LogP contribution in [0.5, 0.6) is 5.75 Å². The first-order valence-electron chi connectivity index (χ1n) is 12.4. The van der Waals surface area contributed by atoms with E-state index in [-0.39, 0.29) is 25.0 Å². The first-order valence-corrected chi connectivity index (χ1v) is 13.7. The third-order valence-electron chi connectivity index (χ3n) is 6.13. The Kier molecular flexibility index (Phi) is 10.8. The Morgan fingerprint density at radius 2 is 1.69 bits per heavy atom. The van der Waals surface area contributed by atoms with E-state index >= 15 is 0 Å². The van der Waals surface area contributed by atoms with Gasteiger partial charge in [-0.1, -0.05) is 30.3 Å². The van der Waals surface area contributed by atoms with Crippen molar-refractivity contribution < 1.29 is 29.4 Å². The van der Waals surface area contributed by atoms with Crippen LogP contribution in [0.15, 0.2) is 54.7 Å². The highest BCUT2D eigenvalue weighted by molar-refractivity contribution is 7.98. The third-order valence-corrected chi connectivity index (χ3v) is 6.77. The van der Waals surface area contributed by atoms with Gasteiger partial charge in [-0.2, -0.15) is 11.8 Å². The average Bonchev–Trinajstić information content (AvgIpc) is 3.32. The molecule has 11 nitrogen and oxygen atoms in total. The predicted octanol–water partition coefficient (Wildman–Crippen LogP) is 0.910. The SMILES string of the molecule is CSCCC(NC(=O)C(Cc1ccc(O)cc1)NC(=O)CNC(=O)C(N)Cc1c[nH]c2ccccc12)C(=O)O. The highest BCUT2D eigenvalue weighted by Crippen LogP contribution is 2.18. The number of rotatable bonds is 14. The van der Waals surface area contributed by atoms with E-state index in [1.54, 1.807) is 18.3 Å². The van der Waals surface area contributed by atoms with Crippen molar-refractivity contribution in [1.82, 2.24) is 20.9 Å². The number of carboxylic acids is 1. The van der Waals surface area contributed by atoms with E-state index in [0.29, 0.717) is 11.3 Å². The second-order valence-corrected chi connectivity index (χ2v) is 10.0. The van der Waals surface area contributed by atoms with Gasteiger partial charge in [0.15, 0.2) is 0 Å². The Balaban J connectivity index is 1.61. The summed E-state index contributed by atoms with van der Waals surface area (Å²) in [6.07, 6.45) is 4.14. The average molecular weight is 556 g/mol. The van der Waals surface area contributed by atoms with Crippen LogP contribution in [0.1, 0.15) is 17.5 Å². The lowest BCUT2D eigenvalue weighted by molar-refractivity contribution is -0.142. The molecule has 0 aliphatic carbocycles. The largest absolute Gasteiger partial charge is 0.508 e. The quantitative estimate of drug-likeness (QED) is 0.153. The maximum Gasteiger partial charge on any atom is 0.326 e. The number of fused-ring (bicyclic) bond motifs is 1. The molecule has 0 saturated heterocycles. The molecule has 3 amide bonds. The number of carbonyl (C=O) groups excluding carboxylic acids is 3. The van der Waals surface area contributed by atoms with Crippen LogP contribution >= 0.6 is 11.8 Å². The van der Waals surface area contributed by atoms with Crippen molar-refractivity contribution in [2.45, 2.75) is 37.4 Å². The smallest absolute Gasteiger partial charge is 0.326 e. The standard InChI is InChI=1S/C27H33N5O6S/c1-39-11-10-22(27(37)38)32-26(36)23(12-16-6-8-18(33)9-7-16)31-24(34)15-30-25(35)20(28)13-17-14-29-21-5-3-2-4-19(17)21/h2-9,14,20,22-23,29,33H,10-13,15,28H2,1H3,(H,30,35)(H,31,34)(H,32,36)(H,37,38). The summed E-state index contributed by atoms with van der Waals surface area (Å²) in [5, 5.41) is 27.5. The highest BCUT2D eigenvalue weighted by Gasteiger charge is 2.27. The summed E-state index contributed by atoms with van der Waals surface area (Å²) in [5.41, 5.74) is 8.51. The first kappa shape index (κ1) is 29.5. The number of nitrogens with two attached hydrogens (primary N) is 1. The van der Waals surface area contributed by atoms with Crippen molar-refractivity contribution in [1.29, 1.82) is 0 Å². The van der Waals surface area contributed by atoms with Gasteiger partial charge in [0, 0.05) is 23.5 Å². The number of benzene rings is 2. The monoisotopic (exact) mass is 555 g/mol. The molecule has 1 aromatic heterocycles. The lowest BCUT2D eigenvalue weighted by atomic mass is 10.0. The number of H-pyrrole nitrogens is 1. The number of nitrogens with one attached hydrogen (secondary N) is 4. The number of carboxylic acid groups (broad SMARTS) is 1. The van der Waals surface area contributed by atoms with Gasteiger partial charge in [0.1, 0.15) is 17.8 Å². The fraction of sp³-hybridized carbons (Fsp3) is 0.333. The maximum atomic E-state index is 13.0. The minimum absolute atomic E-state index is 0.0403. The van der Waals surface area contributed by atoms with Crippen LogP contribution < -0.4 is 21.7 Å². The summed E-state index contributed by atoms with van der Waals surface area (Å²) in [6, 6.07) is 10.6. The van der Waals surface area contributed by atoms with Gasteiger partial charge in [-0.15, -0.1) is 0 Å². The molecule has 0 bridgehead atoms. The van der Waals surface area contributed by atoms with E-state index in [1.165, 1.54) is 23.9 Å². The Bertz CT molecular complexity index is 1300. The third kappa shape index (κ3) is 8.76.